The van der Waals surface area contributed by atoms with E-state index in [0.29, 0.717) is 12.1 Å². The summed E-state index contributed by atoms with van der Waals surface area (Å²) in [5, 5.41) is 3.32. The minimum absolute atomic E-state index is 0.0426. The van der Waals surface area contributed by atoms with Gasteiger partial charge < -0.3 is 15.1 Å². The van der Waals surface area contributed by atoms with Gasteiger partial charge in [0, 0.05) is 44.8 Å². The van der Waals surface area contributed by atoms with Crippen molar-refractivity contribution in [3.05, 3.63) is 29.8 Å². The molecule has 1 fully saturated rings. The lowest BCUT2D eigenvalue weighted by molar-refractivity contribution is -0.125. The molecule has 2 rings (SSSR count). The van der Waals surface area contributed by atoms with Gasteiger partial charge >= 0.3 is 0 Å². The number of hydrogen-bond acceptors (Lipinski definition) is 5. The predicted octanol–water partition coefficient (Wildman–Crippen LogP) is 0.371. The van der Waals surface area contributed by atoms with E-state index in [2.05, 4.69) is 5.32 Å². The number of benzene rings is 1. The SMILES string of the molecule is CC1NCCN(C(=O)c2ccc(S(=O)(=O)CC(=O)N(C)C)cc2)C1C. The largest absolute Gasteiger partial charge is 0.348 e. The predicted molar refractivity (Wildman–Crippen MR) is 95.2 cm³/mol. The smallest absolute Gasteiger partial charge is 0.254 e. The zero-order valence-corrected chi connectivity index (χ0v) is 15.8. The molecule has 0 aliphatic carbocycles. The number of piperazine rings is 1. The first-order chi connectivity index (χ1) is 11.6. The van der Waals surface area contributed by atoms with E-state index in [-0.39, 0.29) is 22.9 Å². The Hall–Kier alpha value is -1.93. The summed E-state index contributed by atoms with van der Waals surface area (Å²) in [5.74, 6) is -1.18. The molecule has 1 N–H and O–H groups in total. The highest BCUT2D eigenvalue weighted by Gasteiger charge is 2.29. The van der Waals surface area contributed by atoms with Crippen molar-refractivity contribution in [1.82, 2.24) is 15.1 Å². The van der Waals surface area contributed by atoms with Crippen molar-refractivity contribution in [3.8, 4) is 0 Å². The van der Waals surface area contributed by atoms with Gasteiger partial charge in [-0.25, -0.2) is 8.42 Å². The van der Waals surface area contributed by atoms with Crippen LogP contribution >= 0.6 is 0 Å². The molecule has 25 heavy (non-hydrogen) atoms. The van der Waals surface area contributed by atoms with Gasteiger partial charge in [-0.1, -0.05) is 0 Å². The van der Waals surface area contributed by atoms with Crippen LogP contribution in [0.3, 0.4) is 0 Å². The van der Waals surface area contributed by atoms with Crippen molar-refractivity contribution in [1.29, 1.82) is 0 Å². The fourth-order valence-electron chi connectivity index (χ4n) is 2.69. The Balaban J connectivity index is 2.16. The third-order valence-corrected chi connectivity index (χ3v) is 6.19. The highest BCUT2D eigenvalue weighted by molar-refractivity contribution is 7.92. The third kappa shape index (κ3) is 4.38. The Kier molecular flexibility index (Phi) is 5.84. The Bertz CT molecular complexity index is 744. The molecule has 2 atom stereocenters. The molecule has 1 aliphatic rings. The van der Waals surface area contributed by atoms with Crippen molar-refractivity contribution in [3.63, 3.8) is 0 Å². The first-order valence-corrected chi connectivity index (χ1v) is 9.86. The van der Waals surface area contributed by atoms with Crippen LogP contribution in [0.15, 0.2) is 29.2 Å². The van der Waals surface area contributed by atoms with Crippen molar-refractivity contribution in [2.45, 2.75) is 30.8 Å². The molecule has 7 nitrogen and oxygen atoms in total. The van der Waals surface area contributed by atoms with Gasteiger partial charge in [-0.3, -0.25) is 9.59 Å². The van der Waals surface area contributed by atoms with Gasteiger partial charge in [0.05, 0.1) is 4.90 Å². The van der Waals surface area contributed by atoms with Gasteiger partial charge in [-0.05, 0) is 38.1 Å². The average Bonchev–Trinajstić information content (AvgIpc) is 2.56. The second-order valence-corrected chi connectivity index (χ2v) is 8.54. The summed E-state index contributed by atoms with van der Waals surface area (Å²) in [6.45, 7) is 5.36. The van der Waals surface area contributed by atoms with Crippen LogP contribution in [0.25, 0.3) is 0 Å². The van der Waals surface area contributed by atoms with Gasteiger partial charge in [0.15, 0.2) is 9.84 Å². The molecule has 138 valence electrons. The van der Waals surface area contributed by atoms with Crippen molar-refractivity contribution >= 4 is 21.7 Å². The summed E-state index contributed by atoms with van der Waals surface area (Å²) in [7, 11) is -0.699. The maximum absolute atomic E-state index is 12.7. The summed E-state index contributed by atoms with van der Waals surface area (Å²) < 4.78 is 24.5. The van der Waals surface area contributed by atoms with E-state index >= 15 is 0 Å². The quantitative estimate of drug-likeness (QED) is 0.831. The van der Waals surface area contributed by atoms with Crippen molar-refractivity contribution < 1.29 is 18.0 Å². The zero-order chi connectivity index (χ0) is 18.8. The minimum atomic E-state index is -3.72. The maximum Gasteiger partial charge on any atom is 0.254 e. The molecule has 1 aromatic carbocycles. The number of amides is 2. The highest BCUT2D eigenvalue weighted by atomic mass is 32.2. The third-order valence-electron chi connectivity index (χ3n) is 4.57. The summed E-state index contributed by atoms with van der Waals surface area (Å²) >= 11 is 0. The van der Waals surface area contributed by atoms with E-state index in [0.717, 1.165) is 6.54 Å². The van der Waals surface area contributed by atoms with E-state index < -0.39 is 21.5 Å². The number of carbonyl (C=O) groups excluding carboxylic acids is 2. The molecule has 1 heterocycles. The molecular formula is C17H25N3O4S. The molecule has 1 aromatic rings. The number of hydrogen-bond donors (Lipinski definition) is 1. The lowest BCUT2D eigenvalue weighted by atomic mass is 10.1. The fourth-order valence-corrected chi connectivity index (χ4v) is 3.99. The van der Waals surface area contributed by atoms with E-state index in [9.17, 15) is 18.0 Å². The number of sulfone groups is 1. The van der Waals surface area contributed by atoms with Crippen LogP contribution in [0.1, 0.15) is 24.2 Å². The molecule has 0 spiro atoms. The number of nitrogens with one attached hydrogen (secondary N) is 1. The van der Waals surface area contributed by atoms with Gasteiger partial charge in [-0.15, -0.1) is 0 Å². The number of nitrogens with zero attached hydrogens (tertiary/aromatic N) is 2. The van der Waals surface area contributed by atoms with E-state index in [1.165, 1.54) is 43.3 Å². The standard InChI is InChI=1S/C17H25N3O4S/c1-12-13(2)20(10-9-18-12)17(22)14-5-7-15(8-6-14)25(23,24)11-16(21)19(3)4/h5-8,12-13,18H,9-11H2,1-4H3. The van der Waals surface area contributed by atoms with Gasteiger partial charge in [0.25, 0.3) is 5.91 Å². The van der Waals surface area contributed by atoms with Gasteiger partial charge in [0.1, 0.15) is 5.75 Å². The molecule has 0 saturated carbocycles. The molecule has 0 radical (unpaired) electrons. The lowest BCUT2D eigenvalue weighted by Crippen LogP contribution is -2.57. The van der Waals surface area contributed by atoms with Crippen molar-refractivity contribution in [2.75, 3.05) is 32.9 Å². The molecule has 0 bridgehead atoms. The van der Waals surface area contributed by atoms with E-state index in [1.807, 2.05) is 13.8 Å². The lowest BCUT2D eigenvalue weighted by Gasteiger charge is -2.38. The fraction of sp³-hybridized carbons (Fsp3) is 0.529. The van der Waals surface area contributed by atoms with E-state index in [1.54, 1.807) is 4.90 Å². The summed E-state index contributed by atoms with van der Waals surface area (Å²) in [4.78, 5) is 27.4. The first-order valence-electron chi connectivity index (χ1n) is 8.21. The van der Waals surface area contributed by atoms with Crippen LogP contribution < -0.4 is 5.32 Å². The normalized spacial score (nSPS) is 21.0. The van der Waals surface area contributed by atoms with Crippen molar-refractivity contribution in [2.24, 2.45) is 0 Å². The highest BCUT2D eigenvalue weighted by Crippen LogP contribution is 2.17. The number of rotatable bonds is 4. The molecular weight excluding hydrogens is 342 g/mol. The minimum Gasteiger partial charge on any atom is -0.348 e. The van der Waals surface area contributed by atoms with Crippen LogP contribution in [0.2, 0.25) is 0 Å². The average molecular weight is 367 g/mol. The molecule has 2 unspecified atom stereocenters. The topological polar surface area (TPSA) is 86.8 Å². The van der Waals surface area contributed by atoms with E-state index in [4.69, 9.17) is 0 Å². The Morgan fingerprint density at radius 3 is 2.36 bits per heavy atom. The summed E-state index contributed by atoms with van der Waals surface area (Å²) in [6.07, 6.45) is 0. The van der Waals surface area contributed by atoms with Crippen LogP contribution in [0.4, 0.5) is 0 Å². The van der Waals surface area contributed by atoms with Crippen LogP contribution in [-0.2, 0) is 14.6 Å². The van der Waals surface area contributed by atoms with Crippen LogP contribution in [0, 0.1) is 0 Å². The Labute approximate surface area is 148 Å². The van der Waals surface area contributed by atoms with Crippen LogP contribution in [-0.4, -0.2) is 75.1 Å². The second kappa shape index (κ2) is 7.53. The number of carbonyl (C=O) groups is 2. The van der Waals surface area contributed by atoms with Gasteiger partial charge in [0.2, 0.25) is 5.91 Å². The van der Waals surface area contributed by atoms with Gasteiger partial charge in [-0.2, -0.15) is 0 Å². The van der Waals surface area contributed by atoms with Crippen LogP contribution in [0.5, 0.6) is 0 Å². The molecule has 2 amide bonds. The Morgan fingerprint density at radius 1 is 1.20 bits per heavy atom. The maximum atomic E-state index is 12.7. The molecule has 1 saturated heterocycles. The molecule has 1 aliphatic heterocycles. The summed E-state index contributed by atoms with van der Waals surface area (Å²) in [6, 6.07) is 6.06. The monoisotopic (exact) mass is 367 g/mol. The molecule has 8 heteroatoms. The zero-order valence-electron chi connectivity index (χ0n) is 15.0. The molecule has 0 aromatic heterocycles. The second-order valence-electron chi connectivity index (χ2n) is 6.55. The Morgan fingerprint density at radius 2 is 1.80 bits per heavy atom. The first kappa shape index (κ1) is 19.4. The summed E-state index contributed by atoms with van der Waals surface area (Å²) in [5.41, 5.74) is 0.443.